The molecule has 0 aliphatic carbocycles. The summed E-state index contributed by atoms with van der Waals surface area (Å²) in [5, 5.41) is 0. The van der Waals surface area contributed by atoms with Gasteiger partial charge < -0.3 is 14.3 Å². The molecule has 1 unspecified atom stereocenters. The van der Waals surface area contributed by atoms with Gasteiger partial charge in [-0.15, -0.1) is 0 Å². The van der Waals surface area contributed by atoms with E-state index in [1.165, 1.54) is 0 Å². The van der Waals surface area contributed by atoms with E-state index in [0.717, 1.165) is 31.4 Å². The Balaban J connectivity index is 1.87. The average Bonchev–Trinajstić information content (AvgIpc) is 2.95. The van der Waals surface area contributed by atoms with Gasteiger partial charge in [0.2, 0.25) is 5.91 Å². The van der Waals surface area contributed by atoms with Crippen LogP contribution < -0.4 is 11.2 Å². The molecule has 2 aromatic heterocycles. The quantitative estimate of drug-likeness (QED) is 0.893. The number of rotatable bonds is 3. The molecule has 0 radical (unpaired) electrons. The zero-order chi connectivity index (χ0) is 17.1. The molecule has 0 bridgehead atoms. The number of carbonyl (C=O) groups is 1. The van der Waals surface area contributed by atoms with Crippen molar-refractivity contribution in [2.24, 2.45) is 0 Å². The monoisotopic (exact) mass is 331 g/mol. The van der Waals surface area contributed by atoms with Crippen LogP contribution in [0.25, 0.3) is 0 Å². The number of hydrogen-bond acceptors (Lipinski definition) is 4. The molecular weight excluding hydrogens is 310 g/mol. The highest BCUT2D eigenvalue weighted by Gasteiger charge is 2.29. The van der Waals surface area contributed by atoms with Crippen LogP contribution in [-0.2, 0) is 11.2 Å². The zero-order valence-corrected chi connectivity index (χ0v) is 13.6. The second kappa shape index (κ2) is 6.90. The predicted octanol–water partition coefficient (Wildman–Crippen LogP) is 1.65. The maximum absolute atomic E-state index is 12.9. The standard InChI is InChI=1S/C17H21N3O4/c1-11-12(16(22)19-17(23)18-11)10-15(21)20-8-4-2-3-6-13(20)14-7-5-9-24-14/h5,7,9,13H,2-4,6,8,10H2,1H3,(H2,18,19,22,23). The van der Waals surface area contributed by atoms with Crippen LogP contribution in [-0.4, -0.2) is 27.3 Å². The minimum Gasteiger partial charge on any atom is -0.467 e. The van der Waals surface area contributed by atoms with Gasteiger partial charge in [0.15, 0.2) is 0 Å². The summed E-state index contributed by atoms with van der Waals surface area (Å²) < 4.78 is 5.51. The molecule has 1 aliphatic heterocycles. The molecule has 3 rings (SSSR count). The number of aromatic nitrogens is 2. The molecule has 1 fully saturated rings. The van der Waals surface area contributed by atoms with Crippen LogP contribution >= 0.6 is 0 Å². The van der Waals surface area contributed by atoms with Gasteiger partial charge in [-0.1, -0.05) is 12.8 Å². The van der Waals surface area contributed by atoms with E-state index in [-0.39, 0.29) is 18.4 Å². The van der Waals surface area contributed by atoms with Crippen LogP contribution in [0.4, 0.5) is 0 Å². The number of aryl methyl sites for hydroxylation is 1. The van der Waals surface area contributed by atoms with E-state index in [0.29, 0.717) is 17.8 Å². The highest BCUT2D eigenvalue weighted by molar-refractivity contribution is 5.79. The lowest BCUT2D eigenvalue weighted by Crippen LogP contribution is -2.38. The number of H-pyrrole nitrogens is 2. The van der Waals surface area contributed by atoms with Crippen LogP contribution in [0.5, 0.6) is 0 Å². The third kappa shape index (κ3) is 3.34. The molecule has 24 heavy (non-hydrogen) atoms. The van der Waals surface area contributed by atoms with E-state index in [4.69, 9.17) is 4.42 Å². The molecule has 1 saturated heterocycles. The largest absolute Gasteiger partial charge is 0.467 e. The van der Waals surface area contributed by atoms with E-state index in [1.54, 1.807) is 18.1 Å². The Labute approximate surface area is 138 Å². The highest BCUT2D eigenvalue weighted by atomic mass is 16.3. The van der Waals surface area contributed by atoms with Crippen molar-refractivity contribution in [2.45, 2.75) is 45.1 Å². The van der Waals surface area contributed by atoms with Crippen molar-refractivity contribution < 1.29 is 9.21 Å². The van der Waals surface area contributed by atoms with Crippen LogP contribution in [0, 0.1) is 6.92 Å². The number of nitrogens with one attached hydrogen (secondary N) is 2. The van der Waals surface area contributed by atoms with Gasteiger partial charge in [0, 0.05) is 17.8 Å². The minimum atomic E-state index is -0.558. The molecule has 0 aromatic carbocycles. The Morgan fingerprint density at radius 1 is 1.29 bits per heavy atom. The SMILES string of the molecule is Cc1[nH]c(=O)[nH]c(=O)c1CC(=O)N1CCCCCC1c1ccco1. The van der Waals surface area contributed by atoms with Crippen LogP contribution in [0.1, 0.15) is 48.7 Å². The van der Waals surface area contributed by atoms with Gasteiger partial charge in [-0.25, -0.2) is 4.79 Å². The Morgan fingerprint density at radius 3 is 2.83 bits per heavy atom. The molecule has 7 heteroatoms. The Kier molecular flexibility index (Phi) is 4.69. The third-order valence-electron chi connectivity index (χ3n) is 4.53. The first-order valence-corrected chi connectivity index (χ1v) is 8.21. The topological polar surface area (TPSA) is 99.2 Å². The highest BCUT2D eigenvalue weighted by Crippen LogP contribution is 2.30. The first kappa shape index (κ1) is 16.3. The Morgan fingerprint density at radius 2 is 2.12 bits per heavy atom. The summed E-state index contributed by atoms with van der Waals surface area (Å²) in [6.45, 7) is 2.27. The maximum atomic E-state index is 12.9. The molecule has 1 aliphatic rings. The molecule has 1 amide bonds. The van der Waals surface area contributed by atoms with Crippen LogP contribution in [0.2, 0.25) is 0 Å². The zero-order valence-electron chi connectivity index (χ0n) is 13.6. The molecule has 0 spiro atoms. The smallest absolute Gasteiger partial charge is 0.325 e. The number of carbonyl (C=O) groups excluding carboxylic acids is 1. The van der Waals surface area contributed by atoms with E-state index in [2.05, 4.69) is 9.97 Å². The van der Waals surface area contributed by atoms with E-state index in [9.17, 15) is 14.4 Å². The second-order valence-corrected chi connectivity index (χ2v) is 6.16. The average molecular weight is 331 g/mol. The molecule has 2 aromatic rings. The number of likely N-dealkylation sites (tertiary alicyclic amines) is 1. The van der Waals surface area contributed by atoms with Gasteiger partial charge in [-0.2, -0.15) is 0 Å². The lowest BCUT2D eigenvalue weighted by atomic mass is 10.1. The lowest BCUT2D eigenvalue weighted by molar-refractivity contribution is -0.133. The van der Waals surface area contributed by atoms with E-state index >= 15 is 0 Å². The van der Waals surface area contributed by atoms with Crippen molar-refractivity contribution in [3.05, 3.63) is 56.3 Å². The summed E-state index contributed by atoms with van der Waals surface area (Å²) in [4.78, 5) is 42.7. The summed E-state index contributed by atoms with van der Waals surface area (Å²) in [6.07, 6.45) is 5.46. The van der Waals surface area contributed by atoms with Gasteiger partial charge in [0.05, 0.1) is 18.7 Å². The van der Waals surface area contributed by atoms with Gasteiger partial charge in [0.1, 0.15) is 5.76 Å². The Bertz CT molecular complexity index is 819. The molecule has 1 atom stereocenters. The fourth-order valence-corrected chi connectivity index (χ4v) is 3.28. The van der Waals surface area contributed by atoms with Gasteiger partial charge >= 0.3 is 5.69 Å². The number of aromatic amines is 2. The van der Waals surface area contributed by atoms with Crippen molar-refractivity contribution in [1.82, 2.24) is 14.9 Å². The van der Waals surface area contributed by atoms with Gasteiger partial charge in [-0.05, 0) is 31.9 Å². The lowest BCUT2D eigenvalue weighted by Gasteiger charge is -2.28. The van der Waals surface area contributed by atoms with Crippen molar-refractivity contribution in [3.8, 4) is 0 Å². The number of furan rings is 1. The normalized spacial score (nSPS) is 18.4. The molecular formula is C17H21N3O4. The van der Waals surface area contributed by atoms with Crippen molar-refractivity contribution in [1.29, 1.82) is 0 Å². The van der Waals surface area contributed by atoms with Gasteiger partial charge in [-0.3, -0.25) is 14.6 Å². The van der Waals surface area contributed by atoms with Crippen molar-refractivity contribution >= 4 is 5.91 Å². The first-order chi connectivity index (χ1) is 11.6. The van der Waals surface area contributed by atoms with Crippen molar-refractivity contribution in [3.63, 3.8) is 0 Å². The summed E-state index contributed by atoms with van der Waals surface area (Å²) in [5.41, 5.74) is -0.325. The van der Waals surface area contributed by atoms with Gasteiger partial charge in [0.25, 0.3) is 5.56 Å². The molecule has 128 valence electrons. The summed E-state index contributed by atoms with van der Waals surface area (Å²) in [6, 6.07) is 3.60. The predicted molar refractivity (Wildman–Crippen MR) is 87.8 cm³/mol. The fraction of sp³-hybridized carbons (Fsp3) is 0.471. The molecule has 7 nitrogen and oxygen atoms in total. The summed E-state index contributed by atoms with van der Waals surface area (Å²) in [5.74, 6) is 0.649. The van der Waals surface area contributed by atoms with E-state index < -0.39 is 11.2 Å². The molecule has 0 saturated carbocycles. The number of hydrogen-bond donors (Lipinski definition) is 2. The van der Waals surface area contributed by atoms with Crippen LogP contribution in [0.3, 0.4) is 0 Å². The summed E-state index contributed by atoms with van der Waals surface area (Å²) in [7, 11) is 0. The third-order valence-corrected chi connectivity index (χ3v) is 4.53. The number of amides is 1. The fourth-order valence-electron chi connectivity index (χ4n) is 3.28. The first-order valence-electron chi connectivity index (χ1n) is 8.21. The second-order valence-electron chi connectivity index (χ2n) is 6.16. The maximum Gasteiger partial charge on any atom is 0.325 e. The number of nitrogens with zero attached hydrogens (tertiary/aromatic N) is 1. The van der Waals surface area contributed by atoms with E-state index in [1.807, 2.05) is 12.1 Å². The molecule has 2 N–H and O–H groups in total. The summed E-state index contributed by atoms with van der Waals surface area (Å²) >= 11 is 0. The minimum absolute atomic E-state index is 0.0326. The molecule has 3 heterocycles. The van der Waals surface area contributed by atoms with Crippen LogP contribution in [0.15, 0.2) is 32.4 Å². The Hall–Kier alpha value is -2.57. The van der Waals surface area contributed by atoms with Crippen molar-refractivity contribution in [2.75, 3.05) is 6.54 Å².